The number of pyridine rings is 1. The number of ether oxygens (including phenoxy) is 2. The molecule has 0 spiro atoms. The summed E-state index contributed by atoms with van der Waals surface area (Å²) in [6.07, 6.45) is -4.70. The van der Waals surface area contributed by atoms with Crippen LogP contribution in [0.5, 0.6) is 5.75 Å². The third-order valence-corrected chi connectivity index (χ3v) is 7.48. The number of benzene rings is 2. The summed E-state index contributed by atoms with van der Waals surface area (Å²) in [5.41, 5.74) is 0.793. The van der Waals surface area contributed by atoms with Gasteiger partial charge in [-0.15, -0.1) is 0 Å². The van der Waals surface area contributed by atoms with Crippen molar-refractivity contribution in [2.45, 2.75) is 72.3 Å². The fourth-order valence-electron chi connectivity index (χ4n) is 5.04. The van der Waals surface area contributed by atoms with Gasteiger partial charge >= 0.3 is 12.1 Å². The number of nitrogens with zero attached hydrogens (tertiary/aromatic N) is 2. The molecule has 0 saturated carbocycles. The summed E-state index contributed by atoms with van der Waals surface area (Å²) in [7, 11) is 0. The Hall–Kier alpha value is -4.28. The molecule has 0 aliphatic heterocycles. The van der Waals surface area contributed by atoms with E-state index in [4.69, 9.17) is 9.47 Å². The molecular weight excluding hydrogens is 583 g/mol. The van der Waals surface area contributed by atoms with Crippen LogP contribution in [-0.4, -0.2) is 27.3 Å². The summed E-state index contributed by atoms with van der Waals surface area (Å²) in [6, 6.07) is 14.0. The smallest absolute Gasteiger partial charge is 0.389 e. The molecule has 6 nitrogen and oxygen atoms in total. The summed E-state index contributed by atoms with van der Waals surface area (Å²) >= 11 is 0. The maximum absolute atomic E-state index is 14.1. The van der Waals surface area contributed by atoms with Crippen molar-refractivity contribution in [1.82, 2.24) is 9.38 Å². The fourth-order valence-corrected chi connectivity index (χ4v) is 5.04. The molecule has 0 aliphatic rings. The Morgan fingerprint density at radius 3 is 2.25 bits per heavy atom. The molecule has 1 unspecified atom stereocenters. The van der Waals surface area contributed by atoms with E-state index in [9.17, 15) is 31.5 Å². The number of fused-ring (bicyclic) bond motifs is 1. The minimum atomic E-state index is -4.43. The van der Waals surface area contributed by atoms with Gasteiger partial charge in [0.1, 0.15) is 30.5 Å². The van der Waals surface area contributed by atoms with E-state index in [0.29, 0.717) is 11.3 Å². The first-order valence-corrected chi connectivity index (χ1v) is 14.1. The van der Waals surface area contributed by atoms with Gasteiger partial charge in [-0.3, -0.25) is 14.0 Å². The monoisotopic (exact) mass is 616 g/mol. The van der Waals surface area contributed by atoms with Gasteiger partial charge in [0.15, 0.2) is 17.2 Å². The molecule has 0 radical (unpaired) electrons. The zero-order chi connectivity index (χ0) is 32.1. The van der Waals surface area contributed by atoms with Crippen LogP contribution in [0.15, 0.2) is 60.8 Å². The summed E-state index contributed by atoms with van der Waals surface area (Å²) < 4.78 is 80.4. The van der Waals surface area contributed by atoms with Crippen LogP contribution in [-0.2, 0) is 22.7 Å². The Bertz CT molecular complexity index is 1610. The molecule has 2 aromatic heterocycles. The highest BCUT2D eigenvalue weighted by Gasteiger charge is 2.36. The normalized spacial score (nSPS) is 13.1. The number of Topliss-reactive ketones (excluding diaryl/α,β-unsaturated/α-hetero) is 1. The van der Waals surface area contributed by atoms with E-state index in [2.05, 4.69) is 4.98 Å². The van der Waals surface area contributed by atoms with Gasteiger partial charge in [0, 0.05) is 19.0 Å². The number of imidazole rings is 1. The van der Waals surface area contributed by atoms with Crippen LogP contribution in [0, 0.1) is 30.9 Å². The van der Waals surface area contributed by atoms with Crippen molar-refractivity contribution in [3.63, 3.8) is 0 Å². The number of carbonyl (C=O) groups excluding carboxylic acids is 2. The molecule has 0 N–H and O–H groups in total. The number of rotatable bonds is 13. The lowest BCUT2D eigenvalue weighted by Gasteiger charge is -2.29. The van der Waals surface area contributed by atoms with E-state index in [1.807, 2.05) is 6.07 Å². The number of hydrogen-bond acceptors (Lipinski definition) is 5. The highest BCUT2D eigenvalue weighted by atomic mass is 19.4. The average molecular weight is 617 g/mol. The Morgan fingerprint density at radius 1 is 0.909 bits per heavy atom. The van der Waals surface area contributed by atoms with Crippen LogP contribution in [0.25, 0.3) is 5.65 Å². The second kappa shape index (κ2) is 13.6. The minimum absolute atomic E-state index is 0.00322. The average Bonchev–Trinajstić information content (AvgIpc) is 3.29. The van der Waals surface area contributed by atoms with Crippen molar-refractivity contribution in [2.24, 2.45) is 5.41 Å². The largest absolute Gasteiger partial charge is 0.485 e. The molecule has 0 saturated heterocycles. The molecular formula is C33H33F5N2O4. The zero-order valence-electron chi connectivity index (χ0n) is 24.6. The van der Waals surface area contributed by atoms with Crippen molar-refractivity contribution in [3.05, 3.63) is 101 Å². The molecule has 234 valence electrons. The lowest BCUT2D eigenvalue weighted by Crippen LogP contribution is -2.26. The van der Waals surface area contributed by atoms with E-state index in [0.717, 1.165) is 17.7 Å². The molecule has 11 heteroatoms. The molecule has 0 amide bonds. The van der Waals surface area contributed by atoms with E-state index < -0.39 is 42.2 Å². The van der Waals surface area contributed by atoms with Gasteiger partial charge in [0.2, 0.25) is 0 Å². The molecule has 0 fully saturated rings. The van der Waals surface area contributed by atoms with Gasteiger partial charge in [-0.05, 0) is 61.4 Å². The molecule has 1 atom stereocenters. The van der Waals surface area contributed by atoms with E-state index in [1.54, 1.807) is 57.3 Å². The Labute approximate surface area is 251 Å². The van der Waals surface area contributed by atoms with Crippen LogP contribution >= 0.6 is 0 Å². The first kappa shape index (κ1) is 32.6. The van der Waals surface area contributed by atoms with Crippen LogP contribution in [0.3, 0.4) is 0 Å². The Kier molecular flexibility index (Phi) is 10.1. The van der Waals surface area contributed by atoms with Crippen molar-refractivity contribution in [3.8, 4) is 5.75 Å². The van der Waals surface area contributed by atoms with Crippen molar-refractivity contribution in [1.29, 1.82) is 0 Å². The van der Waals surface area contributed by atoms with Gasteiger partial charge < -0.3 is 9.47 Å². The van der Waals surface area contributed by atoms with E-state index in [1.165, 1.54) is 10.5 Å². The van der Waals surface area contributed by atoms with Crippen LogP contribution in [0.1, 0.15) is 71.9 Å². The third kappa shape index (κ3) is 8.42. The molecule has 0 aliphatic carbocycles. The topological polar surface area (TPSA) is 69.9 Å². The fraction of sp³-hybridized carbons (Fsp3) is 0.364. The predicted molar refractivity (Wildman–Crippen MR) is 153 cm³/mol. The number of alkyl halides is 3. The second-order valence-corrected chi connectivity index (χ2v) is 11.3. The summed E-state index contributed by atoms with van der Waals surface area (Å²) in [4.78, 5) is 30.7. The Balaban J connectivity index is 1.51. The molecule has 4 aromatic rings. The van der Waals surface area contributed by atoms with Gasteiger partial charge in [-0.2, -0.15) is 13.2 Å². The van der Waals surface area contributed by atoms with E-state index >= 15 is 0 Å². The quantitative estimate of drug-likeness (QED) is 0.0860. The lowest BCUT2D eigenvalue weighted by atomic mass is 9.77. The number of hydrogen-bond donors (Lipinski definition) is 0. The lowest BCUT2D eigenvalue weighted by molar-refractivity contribution is -0.152. The summed E-state index contributed by atoms with van der Waals surface area (Å²) in [5.74, 6) is -2.36. The first-order chi connectivity index (χ1) is 20.7. The van der Waals surface area contributed by atoms with Gasteiger partial charge in [-0.1, -0.05) is 43.3 Å². The molecule has 4 rings (SSSR count). The second-order valence-electron chi connectivity index (χ2n) is 11.3. The van der Waals surface area contributed by atoms with Crippen LogP contribution in [0.4, 0.5) is 22.0 Å². The first-order valence-electron chi connectivity index (χ1n) is 14.1. The van der Waals surface area contributed by atoms with E-state index in [-0.39, 0.29) is 60.7 Å². The maximum Gasteiger partial charge on any atom is 0.389 e. The highest BCUT2D eigenvalue weighted by Crippen LogP contribution is 2.38. The van der Waals surface area contributed by atoms with Crippen molar-refractivity contribution in [2.75, 3.05) is 0 Å². The van der Waals surface area contributed by atoms with Crippen molar-refractivity contribution < 1.29 is 41.0 Å². The van der Waals surface area contributed by atoms with Gasteiger partial charge in [-0.25, -0.2) is 13.8 Å². The third-order valence-electron chi connectivity index (χ3n) is 7.48. The summed E-state index contributed by atoms with van der Waals surface area (Å²) in [5, 5.41) is 0. The predicted octanol–water partition coefficient (Wildman–Crippen LogP) is 8.25. The standard InChI is InChI=1S/C33H33F5N2O4/c1-21-16-28(43-20-24-25(34)10-7-11-26(24)35)31-39-22(2)30(40(31)18-21)27(41)12-13-32(3,14-15-33(36,37)38)17-29(42)44-19-23-8-5-4-6-9-23/h4-11,16,18H,12-15,17,19-20H2,1-3H3. The number of esters is 1. The molecule has 0 bridgehead atoms. The SMILES string of the molecule is Cc1cc(OCc2c(F)cccc2F)c2nc(C)c(C(=O)CCC(C)(CCC(F)(F)F)CC(=O)OCc3ccccc3)n2c1. The minimum Gasteiger partial charge on any atom is -0.485 e. The zero-order valence-corrected chi connectivity index (χ0v) is 24.6. The highest BCUT2D eigenvalue weighted by molar-refractivity contribution is 5.96. The van der Waals surface area contributed by atoms with Crippen LogP contribution < -0.4 is 4.74 Å². The maximum atomic E-state index is 14.1. The van der Waals surface area contributed by atoms with Crippen molar-refractivity contribution >= 4 is 17.4 Å². The van der Waals surface area contributed by atoms with Crippen LogP contribution in [0.2, 0.25) is 0 Å². The number of carbonyl (C=O) groups is 2. The molecule has 2 aromatic carbocycles. The number of aryl methyl sites for hydroxylation is 2. The Morgan fingerprint density at radius 2 is 1.59 bits per heavy atom. The van der Waals surface area contributed by atoms with Gasteiger partial charge in [0.05, 0.1) is 17.7 Å². The summed E-state index contributed by atoms with van der Waals surface area (Å²) in [6.45, 7) is 4.48. The number of ketones is 1. The number of aromatic nitrogens is 2. The van der Waals surface area contributed by atoms with Gasteiger partial charge in [0.25, 0.3) is 0 Å². The number of halogens is 5. The molecule has 2 heterocycles. The molecule has 44 heavy (non-hydrogen) atoms.